The summed E-state index contributed by atoms with van der Waals surface area (Å²) in [5.74, 6) is 0.714. The van der Waals surface area contributed by atoms with Crippen LogP contribution in [0.4, 0.5) is 11.4 Å². The molecule has 11 heteroatoms. The highest BCUT2D eigenvalue weighted by molar-refractivity contribution is 8.00. The Kier molecular flexibility index (Phi) is 8.53. The van der Waals surface area contributed by atoms with Gasteiger partial charge in [-0.3, -0.25) is 4.31 Å². The lowest BCUT2D eigenvalue weighted by molar-refractivity contribution is 0.188. The van der Waals surface area contributed by atoms with Crippen molar-refractivity contribution in [2.45, 2.75) is 28.0 Å². The summed E-state index contributed by atoms with van der Waals surface area (Å²) in [6.07, 6.45) is 0.891. The lowest BCUT2D eigenvalue weighted by Crippen LogP contribution is -2.48. The molecule has 0 spiro atoms. The average Bonchev–Trinajstić information content (AvgIpc) is 2.96. The minimum absolute atomic E-state index is 0.299. The summed E-state index contributed by atoms with van der Waals surface area (Å²) in [5, 5.41) is 3.44. The molecule has 39 heavy (non-hydrogen) atoms. The van der Waals surface area contributed by atoms with Gasteiger partial charge in [-0.05, 0) is 62.4 Å². The van der Waals surface area contributed by atoms with Crippen molar-refractivity contribution in [1.29, 1.82) is 0 Å². The minimum Gasteiger partial charge on any atom is -0.385 e. The second kappa shape index (κ2) is 11.9. The molecule has 0 bridgehead atoms. The first kappa shape index (κ1) is 28.0. The standard InChI is InChI=1S/C28H34N4O4S3/c1-23-8-11-26(12-9-23)38(33,34)31-18-16-30(17-19-31)15-5-14-29-24-10-13-28-27(22-24)32(20-21-37-28)39(35,36)25-6-3-2-4-7-25/h2-4,6-13,22,29H,5,14-21H2,1H3. The van der Waals surface area contributed by atoms with Crippen LogP contribution in [0.5, 0.6) is 0 Å². The van der Waals surface area contributed by atoms with Gasteiger partial charge >= 0.3 is 0 Å². The molecule has 0 radical (unpaired) electrons. The van der Waals surface area contributed by atoms with Crippen LogP contribution in [0.15, 0.2) is 87.5 Å². The van der Waals surface area contributed by atoms with E-state index in [0.717, 1.165) is 35.7 Å². The first-order valence-electron chi connectivity index (χ1n) is 13.1. The van der Waals surface area contributed by atoms with Crippen LogP contribution in [0.25, 0.3) is 0 Å². The highest BCUT2D eigenvalue weighted by Gasteiger charge is 2.30. The van der Waals surface area contributed by atoms with Gasteiger partial charge in [0, 0.05) is 55.6 Å². The summed E-state index contributed by atoms with van der Waals surface area (Å²) in [6.45, 7) is 6.35. The summed E-state index contributed by atoms with van der Waals surface area (Å²) in [4.78, 5) is 3.91. The largest absolute Gasteiger partial charge is 0.385 e. The number of thioether (sulfide) groups is 1. The van der Waals surface area contributed by atoms with E-state index in [1.807, 2.05) is 43.3 Å². The van der Waals surface area contributed by atoms with Crippen molar-refractivity contribution in [3.05, 3.63) is 78.4 Å². The molecule has 5 rings (SSSR count). The topological polar surface area (TPSA) is 90.0 Å². The van der Waals surface area contributed by atoms with Crippen molar-refractivity contribution in [2.24, 2.45) is 0 Å². The minimum atomic E-state index is -3.63. The Morgan fingerprint density at radius 2 is 1.49 bits per heavy atom. The first-order valence-corrected chi connectivity index (χ1v) is 17.0. The van der Waals surface area contributed by atoms with Crippen molar-refractivity contribution in [2.75, 3.05) is 61.2 Å². The number of fused-ring (bicyclic) bond motifs is 1. The Morgan fingerprint density at radius 3 is 2.21 bits per heavy atom. The summed E-state index contributed by atoms with van der Waals surface area (Å²) in [5.41, 5.74) is 2.64. The van der Waals surface area contributed by atoms with Crippen LogP contribution in [0.2, 0.25) is 0 Å². The van der Waals surface area contributed by atoms with Crippen LogP contribution in [0.3, 0.4) is 0 Å². The van der Waals surface area contributed by atoms with E-state index in [1.165, 1.54) is 4.31 Å². The van der Waals surface area contributed by atoms with E-state index in [9.17, 15) is 16.8 Å². The Balaban J connectivity index is 1.13. The number of sulfonamides is 2. The van der Waals surface area contributed by atoms with Gasteiger partial charge in [-0.2, -0.15) is 4.31 Å². The molecule has 0 unspecified atom stereocenters. The number of rotatable bonds is 9. The van der Waals surface area contributed by atoms with Gasteiger partial charge in [-0.1, -0.05) is 35.9 Å². The third-order valence-electron chi connectivity index (χ3n) is 7.08. The summed E-state index contributed by atoms with van der Waals surface area (Å²) in [7, 11) is -7.09. The Labute approximate surface area is 236 Å². The normalized spacial score (nSPS) is 17.1. The molecule has 0 amide bonds. The number of nitrogens with one attached hydrogen (secondary N) is 1. The SMILES string of the molecule is Cc1ccc(S(=O)(=O)N2CCN(CCCNc3ccc4c(c3)N(S(=O)(=O)c3ccccc3)CCS4)CC2)cc1. The monoisotopic (exact) mass is 586 g/mol. The highest BCUT2D eigenvalue weighted by Crippen LogP contribution is 2.39. The van der Waals surface area contributed by atoms with E-state index in [4.69, 9.17) is 0 Å². The third-order valence-corrected chi connectivity index (χ3v) is 11.9. The van der Waals surface area contributed by atoms with Crippen molar-refractivity contribution in [3.8, 4) is 0 Å². The van der Waals surface area contributed by atoms with Gasteiger partial charge in [0.2, 0.25) is 10.0 Å². The second-order valence-corrected chi connectivity index (χ2v) is 14.7. The molecule has 2 aliphatic heterocycles. The maximum Gasteiger partial charge on any atom is 0.264 e. The number of aryl methyl sites for hydroxylation is 1. The fourth-order valence-electron chi connectivity index (χ4n) is 4.86. The predicted octanol–water partition coefficient (Wildman–Crippen LogP) is 4.10. The van der Waals surface area contributed by atoms with E-state index in [1.54, 1.807) is 52.5 Å². The summed E-state index contributed by atoms with van der Waals surface area (Å²) >= 11 is 1.67. The Bertz CT molecular complexity index is 1490. The van der Waals surface area contributed by atoms with Crippen molar-refractivity contribution in [3.63, 3.8) is 0 Å². The van der Waals surface area contributed by atoms with Gasteiger partial charge in [0.05, 0.1) is 15.5 Å². The summed E-state index contributed by atoms with van der Waals surface area (Å²) < 4.78 is 55.6. The van der Waals surface area contributed by atoms with Crippen LogP contribution in [0.1, 0.15) is 12.0 Å². The van der Waals surface area contributed by atoms with E-state index in [-0.39, 0.29) is 0 Å². The Morgan fingerprint density at radius 1 is 0.795 bits per heavy atom. The number of benzene rings is 3. The molecule has 0 aromatic heterocycles. The molecule has 8 nitrogen and oxygen atoms in total. The van der Waals surface area contributed by atoms with E-state index in [2.05, 4.69) is 10.2 Å². The zero-order valence-electron chi connectivity index (χ0n) is 22.0. The molecule has 3 aromatic carbocycles. The van der Waals surface area contributed by atoms with Gasteiger partial charge in [0.25, 0.3) is 10.0 Å². The molecule has 208 valence electrons. The van der Waals surface area contributed by atoms with Crippen molar-refractivity contribution < 1.29 is 16.8 Å². The van der Waals surface area contributed by atoms with Gasteiger partial charge < -0.3 is 10.2 Å². The van der Waals surface area contributed by atoms with Crippen LogP contribution < -0.4 is 9.62 Å². The molecule has 0 atom stereocenters. The molecule has 0 aliphatic carbocycles. The lowest BCUT2D eigenvalue weighted by atomic mass is 10.2. The molecule has 2 heterocycles. The fourth-order valence-corrected chi connectivity index (χ4v) is 8.93. The predicted molar refractivity (Wildman–Crippen MR) is 158 cm³/mol. The molecule has 3 aromatic rings. The van der Waals surface area contributed by atoms with Crippen molar-refractivity contribution in [1.82, 2.24) is 9.21 Å². The zero-order chi connectivity index (χ0) is 27.5. The molecular formula is C28H34N4O4S3. The molecular weight excluding hydrogens is 553 g/mol. The lowest BCUT2D eigenvalue weighted by Gasteiger charge is -2.34. The van der Waals surface area contributed by atoms with Crippen LogP contribution in [-0.4, -0.2) is 77.6 Å². The quantitative estimate of drug-likeness (QED) is 0.378. The second-order valence-electron chi connectivity index (χ2n) is 9.76. The molecule has 1 fully saturated rings. The average molecular weight is 587 g/mol. The smallest absolute Gasteiger partial charge is 0.264 e. The molecule has 1 saturated heterocycles. The molecule has 2 aliphatic rings. The zero-order valence-corrected chi connectivity index (χ0v) is 24.4. The van der Waals surface area contributed by atoms with E-state index >= 15 is 0 Å². The maximum absolute atomic E-state index is 13.3. The van der Waals surface area contributed by atoms with Gasteiger partial charge in [0.15, 0.2) is 0 Å². The van der Waals surface area contributed by atoms with E-state index in [0.29, 0.717) is 54.0 Å². The number of hydrogen-bond donors (Lipinski definition) is 1. The van der Waals surface area contributed by atoms with Crippen LogP contribution in [0, 0.1) is 6.92 Å². The maximum atomic E-state index is 13.3. The Hall–Kier alpha value is -2.57. The number of piperazine rings is 1. The number of anilines is 2. The molecule has 1 N–H and O–H groups in total. The van der Waals surface area contributed by atoms with Crippen LogP contribution in [-0.2, 0) is 20.0 Å². The van der Waals surface area contributed by atoms with Crippen molar-refractivity contribution >= 4 is 43.2 Å². The van der Waals surface area contributed by atoms with E-state index < -0.39 is 20.0 Å². The fraction of sp³-hybridized carbons (Fsp3) is 0.357. The highest BCUT2D eigenvalue weighted by atomic mass is 32.2. The van der Waals surface area contributed by atoms with Crippen LogP contribution >= 0.6 is 11.8 Å². The van der Waals surface area contributed by atoms with Gasteiger partial charge in [-0.25, -0.2) is 16.8 Å². The number of hydrogen-bond acceptors (Lipinski definition) is 7. The van der Waals surface area contributed by atoms with Gasteiger partial charge in [-0.15, -0.1) is 11.8 Å². The summed E-state index contributed by atoms with van der Waals surface area (Å²) in [6, 6.07) is 21.5. The first-order chi connectivity index (χ1) is 18.7. The third kappa shape index (κ3) is 6.28. The molecule has 0 saturated carbocycles. The number of nitrogens with zero attached hydrogens (tertiary/aromatic N) is 3. The van der Waals surface area contributed by atoms with Gasteiger partial charge in [0.1, 0.15) is 0 Å².